The largest absolute Gasteiger partial charge is 0.333 e. The zero-order valence-electron chi connectivity index (χ0n) is 15.9. The van der Waals surface area contributed by atoms with Crippen molar-refractivity contribution in [3.05, 3.63) is 41.7 Å². The molecular weight excluding hydrogens is 362 g/mol. The van der Waals surface area contributed by atoms with Crippen molar-refractivity contribution in [2.24, 2.45) is 0 Å². The van der Waals surface area contributed by atoms with Gasteiger partial charge in [-0.1, -0.05) is 42.1 Å². The molecule has 144 valence electrons. The van der Waals surface area contributed by atoms with Crippen LogP contribution in [0.3, 0.4) is 0 Å². The molecule has 27 heavy (non-hydrogen) atoms. The molecule has 2 aromatic rings. The minimum absolute atomic E-state index is 0.106. The molecule has 0 radical (unpaired) electrons. The fraction of sp³-hybridized carbons (Fsp3) is 0.474. The van der Waals surface area contributed by atoms with E-state index in [1.165, 1.54) is 11.8 Å². The number of hydrogen-bond donors (Lipinski definition) is 2. The molecule has 0 spiro atoms. The van der Waals surface area contributed by atoms with Crippen LogP contribution in [0, 0.1) is 0 Å². The highest BCUT2D eigenvalue weighted by atomic mass is 32.2. The lowest BCUT2D eigenvalue weighted by Gasteiger charge is -2.20. The van der Waals surface area contributed by atoms with Gasteiger partial charge in [0, 0.05) is 11.5 Å². The van der Waals surface area contributed by atoms with Crippen LogP contribution in [0.1, 0.15) is 50.9 Å². The van der Waals surface area contributed by atoms with Crippen LogP contribution >= 0.6 is 11.8 Å². The van der Waals surface area contributed by atoms with Gasteiger partial charge in [-0.25, -0.2) is 4.79 Å². The predicted molar refractivity (Wildman–Crippen MR) is 105 cm³/mol. The van der Waals surface area contributed by atoms with Crippen LogP contribution in [0.2, 0.25) is 0 Å². The quantitative estimate of drug-likeness (QED) is 0.744. The van der Waals surface area contributed by atoms with Crippen molar-refractivity contribution in [3.8, 4) is 0 Å². The van der Waals surface area contributed by atoms with Gasteiger partial charge >= 0.3 is 6.03 Å². The number of amides is 3. The molecule has 0 atom stereocenters. The molecule has 3 rings (SSSR count). The molecule has 0 aliphatic heterocycles. The predicted octanol–water partition coefficient (Wildman–Crippen LogP) is 2.92. The summed E-state index contributed by atoms with van der Waals surface area (Å²) in [6, 6.07) is 9.64. The van der Waals surface area contributed by atoms with Gasteiger partial charge in [-0.05, 0) is 39.2 Å². The number of nitrogens with one attached hydrogen (secondary N) is 2. The highest BCUT2D eigenvalue weighted by Gasteiger charge is 2.30. The van der Waals surface area contributed by atoms with Crippen molar-refractivity contribution >= 4 is 23.7 Å². The highest BCUT2D eigenvalue weighted by molar-refractivity contribution is 7.99. The van der Waals surface area contributed by atoms with E-state index in [1.54, 1.807) is 0 Å². The van der Waals surface area contributed by atoms with Gasteiger partial charge in [-0.15, -0.1) is 10.2 Å². The Kier molecular flexibility index (Phi) is 5.84. The van der Waals surface area contributed by atoms with Crippen molar-refractivity contribution in [2.75, 3.05) is 5.75 Å². The fourth-order valence-corrected chi connectivity index (χ4v) is 3.37. The Bertz CT molecular complexity index is 809. The lowest BCUT2D eigenvalue weighted by atomic mass is 10.1. The Labute approximate surface area is 163 Å². The third-order valence-corrected chi connectivity index (χ3v) is 4.91. The van der Waals surface area contributed by atoms with Crippen LogP contribution in [0.15, 0.2) is 35.5 Å². The molecule has 1 aromatic heterocycles. The minimum atomic E-state index is -0.488. The van der Waals surface area contributed by atoms with Crippen molar-refractivity contribution < 1.29 is 9.59 Å². The number of carbonyl (C=O) groups is 2. The Morgan fingerprint density at radius 3 is 2.52 bits per heavy atom. The Morgan fingerprint density at radius 1 is 1.19 bits per heavy atom. The number of hydrogen-bond acceptors (Lipinski definition) is 5. The van der Waals surface area contributed by atoms with Crippen molar-refractivity contribution in [2.45, 2.75) is 56.8 Å². The summed E-state index contributed by atoms with van der Waals surface area (Å²) in [5.41, 5.74) is 0.766. The molecule has 0 unspecified atom stereocenters. The number of imide groups is 1. The summed E-state index contributed by atoms with van der Waals surface area (Å²) in [6.45, 7) is 6.25. The van der Waals surface area contributed by atoms with Crippen LogP contribution in [-0.4, -0.2) is 38.0 Å². The molecule has 0 saturated heterocycles. The molecule has 3 amide bonds. The number of aromatic nitrogens is 3. The number of benzene rings is 1. The average Bonchev–Trinajstić information content (AvgIpc) is 3.34. The van der Waals surface area contributed by atoms with Gasteiger partial charge in [-0.2, -0.15) is 0 Å². The highest BCUT2D eigenvalue weighted by Crippen LogP contribution is 2.40. The second kappa shape index (κ2) is 8.12. The number of carbonyl (C=O) groups excluding carboxylic acids is 2. The summed E-state index contributed by atoms with van der Waals surface area (Å²) in [7, 11) is 0. The van der Waals surface area contributed by atoms with Gasteiger partial charge in [0.05, 0.1) is 12.3 Å². The van der Waals surface area contributed by atoms with E-state index in [0.717, 1.165) is 24.2 Å². The third kappa shape index (κ3) is 5.82. The standard InChI is InChI=1S/C19H25N5O2S/c1-19(2,3)21-17(26)20-15(25)12-27-18-23-22-16(14-9-10-14)24(18)11-13-7-5-4-6-8-13/h4-8,14H,9-12H2,1-3H3,(H2,20,21,25,26). The van der Waals surface area contributed by atoms with Crippen LogP contribution in [-0.2, 0) is 11.3 Å². The van der Waals surface area contributed by atoms with Gasteiger partial charge in [-0.3, -0.25) is 10.1 Å². The third-order valence-electron chi connectivity index (χ3n) is 3.95. The summed E-state index contributed by atoms with van der Waals surface area (Å²) in [6.07, 6.45) is 2.26. The van der Waals surface area contributed by atoms with E-state index in [2.05, 4.69) is 37.5 Å². The molecule has 0 bridgehead atoms. The fourth-order valence-electron chi connectivity index (χ4n) is 2.63. The first kappa shape index (κ1) is 19.4. The maximum absolute atomic E-state index is 12.1. The molecule has 1 saturated carbocycles. The molecule has 1 heterocycles. The first-order valence-corrected chi connectivity index (χ1v) is 10.0. The van der Waals surface area contributed by atoms with E-state index < -0.39 is 11.6 Å². The normalized spacial score (nSPS) is 14.0. The number of nitrogens with zero attached hydrogens (tertiary/aromatic N) is 3. The van der Waals surface area contributed by atoms with E-state index in [-0.39, 0.29) is 11.7 Å². The second-order valence-corrected chi connectivity index (χ2v) is 8.67. The minimum Gasteiger partial charge on any atom is -0.333 e. The Morgan fingerprint density at radius 2 is 1.89 bits per heavy atom. The first-order valence-electron chi connectivity index (χ1n) is 9.03. The van der Waals surface area contributed by atoms with Gasteiger partial charge in [0.1, 0.15) is 5.82 Å². The summed E-state index contributed by atoms with van der Waals surface area (Å²) >= 11 is 1.30. The molecule has 1 aromatic carbocycles. The van der Waals surface area contributed by atoms with Gasteiger partial charge in [0.25, 0.3) is 0 Å². The summed E-state index contributed by atoms with van der Waals surface area (Å²) in [5, 5.41) is 14.4. The van der Waals surface area contributed by atoms with Crippen molar-refractivity contribution in [3.63, 3.8) is 0 Å². The van der Waals surface area contributed by atoms with Crippen LogP contribution in [0.4, 0.5) is 4.79 Å². The van der Waals surface area contributed by atoms with E-state index in [9.17, 15) is 9.59 Å². The summed E-state index contributed by atoms with van der Waals surface area (Å²) in [5.74, 6) is 1.19. The monoisotopic (exact) mass is 387 g/mol. The van der Waals surface area contributed by atoms with Crippen molar-refractivity contribution in [1.29, 1.82) is 0 Å². The topological polar surface area (TPSA) is 88.9 Å². The zero-order valence-corrected chi connectivity index (χ0v) is 16.7. The average molecular weight is 388 g/mol. The zero-order chi connectivity index (χ0) is 19.4. The van der Waals surface area contributed by atoms with Crippen LogP contribution in [0.5, 0.6) is 0 Å². The maximum atomic E-state index is 12.1. The first-order chi connectivity index (χ1) is 12.8. The van der Waals surface area contributed by atoms with Gasteiger partial charge in [0.15, 0.2) is 5.16 Å². The van der Waals surface area contributed by atoms with E-state index in [4.69, 9.17) is 0 Å². The molecule has 8 heteroatoms. The number of thioether (sulfide) groups is 1. The van der Waals surface area contributed by atoms with Crippen LogP contribution < -0.4 is 10.6 Å². The molecule has 1 aliphatic rings. The van der Waals surface area contributed by atoms with Crippen LogP contribution in [0.25, 0.3) is 0 Å². The summed E-state index contributed by atoms with van der Waals surface area (Å²) < 4.78 is 2.08. The summed E-state index contributed by atoms with van der Waals surface area (Å²) in [4.78, 5) is 23.9. The number of urea groups is 1. The van der Waals surface area contributed by atoms with E-state index >= 15 is 0 Å². The smallest absolute Gasteiger partial charge is 0.321 e. The molecule has 1 aliphatic carbocycles. The van der Waals surface area contributed by atoms with E-state index in [1.807, 2.05) is 39.0 Å². The lowest BCUT2D eigenvalue weighted by Crippen LogP contribution is -2.48. The Balaban J connectivity index is 1.63. The molecular formula is C19H25N5O2S. The maximum Gasteiger partial charge on any atom is 0.321 e. The molecule has 7 nitrogen and oxygen atoms in total. The Hall–Kier alpha value is -2.35. The number of rotatable bonds is 6. The van der Waals surface area contributed by atoms with Crippen molar-refractivity contribution in [1.82, 2.24) is 25.4 Å². The van der Waals surface area contributed by atoms with E-state index in [0.29, 0.717) is 17.6 Å². The molecule has 1 fully saturated rings. The lowest BCUT2D eigenvalue weighted by molar-refractivity contribution is -0.117. The molecule has 2 N–H and O–H groups in total. The van der Waals surface area contributed by atoms with Gasteiger partial charge in [0.2, 0.25) is 5.91 Å². The van der Waals surface area contributed by atoms with Gasteiger partial charge < -0.3 is 9.88 Å². The second-order valence-electron chi connectivity index (χ2n) is 7.73. The SMILES string of the molecule is CC(C)(C)NC(=O)NC(=O)CSc1nnc(C2CC2)n1Cc1ccccc1.